The molecule has 0 bridgehead atoms. The maximum absolute atomic E-state index is 9.76. The number of aliphatic hydroxyl groups is 1. The van der Waals surface area contributed by atoms with E-state index in [0.717, 1.165) is 23.3 Å². The number of hydrogen-bond acceptors (Lipinski definition) is 3. The van der Waals surface area contributed by atoms with Gasteiger partial charge in [-0.2, -0.15) is 0 Å². The van der Waals surface area contributed by atoms with E-state index < -0.39 is 0 Å². The number of aromatic nitrogens is 1. The predicted molar refractivity (Wildman–Crippen MR) is 101 cm³/mol. The fraction of sp³-hybridized carbons (Fsp3) is 0.238. The first-order valence-corrected chi connectivity index (χ1v) is 8.64. The van der Waals surface area contributed by atoms with E-state index in [0.29, 0.717) is 13.2 Å². The molecule has 0 amide bonds. The van der Waals surface area contributed by atoms with E-state index >= 15 is 0 Å². The van der Waals surface area contributed by atoms with Crippen LogP contribution >= 0.6 is 0 Å². The molecule has 0 aliphatic carbocycles. The van der Waals surface area contributed by atoms with Crippen LogP contribution in [0.15, 0.2) is 60.3 Å². The summed E-state index contributed by atoms with van der Waals surface area (Å²) in [4.78, 5) is 3.29. The summed E-state index contributed by atoms with van der Waals surface area (Å²) in [6, 6.07) is 16.3. The normalized spacial score (nSPS) is 14.7. The van der Waals surface area contributed by atoms with Crippen molar-refractivity contribution in [3.8, 4) is 5.75 Å². The van der Waals surface area contributed by atoms with Gasteiger partial charge in [-0.15, -0.1) is 0 Å². The van der Waals surface area contributed by atoms with E-state index in [1.54, 1.807) is 0 Å². The second-order valence-electron chi connectivity index (χ2n) is 6.45. The lowest BCUT2D eigenvalue weighted by atomic mass is 10.0. The molecule has 0 radical (unpaired) electrons. The molecule has 1 aromatic heterocycles. The molecule has 128 valence electrons. The minimum atomic E-state index is 0.0114. The van der Waals surface area contributed by atoms with Crippen LogP contribution in [0, 0.1) is 0 Å². The van der Waals surface area contributed by atoms with Crippen molar-refractivity contribution < 1.29 is 9.84 Å². The molecule has 2 heterocycles. The minimum absolute atomic E-state index is 0.0114. The third-order valence-electron chi connectivity index (χ3n) is 4.67. The van der Waals surface area contributed by atoms with Crippen molar-refractivity contribution in [1.29, 1.82) is 0 Å². The van der Waals surface area contributed by atoms with Crippen LogP contribution in [0.5, 0.6) is 5.75 Å². The van der Waals surface area contributed by atoms with Crippen LogP contribution in [0.3, 0.4) is 0 Å². The second kappa shape index (κ2) is 7.13. The number of H-pyrrole nitrogens is 1. The number of hydrogen-bond donors (Lipinski definition) is 3. The summed E-state index contributed by atoms with van der Waals surface area (Å²) in [5.41, 5.74) is 4.66. The fourth-order valence-corrected chi connectivity index (χ4v) is 3.31. The Morgan fingerprint density at radius 3 is 2.88 bits per heavy atom. The van der Waals surface area contributed by atoms with Gasteiger partial charge in [0, 0.05) is 35.2 Å². The highest BCUT2D eigenvalue weighted by molar-refractivity contribution is 5.83. The van der Waals surface area contributed by atoms with Crippen LogP contribution in [-0.2, 0) is 6.42 Å². The highest BCUT2D eigenvalue weighted by Crippen LogP contribution is 2.25. The Kier molecular flexibility index (Phi) is 4.55. The average Bonchev–Trinajstić information content (AvgIpc) is 3.08. The van der Waals surface area contributed by atoms with Crippen molar-refractivity contribution in [2.24, 2.45) is 0 Å². The number of para-hydroxylation sites is 2. The van der Waals surface area contributed by atoms with Crippen LogP contribution in [-0.4, -0.2) is 35.9 Å². The molecule has 25 heavy (non-hydrogen) atoms. The first-order chi connectivity index (χ1) is 12.3. The lowest BCUT2D eigenvalue weighted by Gasteiger charge is -2.21. The third kappa shape index (κ3) is 3.45. The Labute approximate surface area is 147 Å². The smallest absolute Gasteiger partial charge is 0.127 e. The standard InChI is InChI=1S/C21H22N2O2/c24-13-18(10-17-12-23-20-7-3-2-6-19(17)20)22-11-15-9-16-5-1-4-8-21(16)25-14-15/h1-9,12,18,22-24H,10-11,13-14H2/t18-/m0/s1. The van der Waals surface area contributed by atoms with Gasteiger partial charge in [0.25, 0.3) is 0 Å². The third-order valence-corrected chi connectivity index (χ3v) is 4.67. The van der Waals surface area contributed by atoms with Gasteiger partial charge in [-0.05, 0) is 35.8 Å². The van der Waals surface area contributed by atoms with Gasteiger partial charge in [-0.3, -0.25) is 0 Å². The van der Waals surface area contributed by atoms with Gasteiger partial charge >= 0.3 is 0 Å². The molecular formula is C21H22N2O2. The summed E-state index contributed by atoms with van der Waals surface area (Å²) in [5, 5.41) is 14.4. The Hall–Kier alpha value is -2.56. The van der Waals surface area contributed by atoms with E-state index in [2.05, 4.69) is 34.6 Å². The summed E-state index contributed by atoms with van der Waals surface area (Å²) in [5.74, 6) is 0.934. The first-order valence-electron chi connectivity index (χ1n) is 8.64. The van der Waals surface area contributed by atoms with Crippen molar-refractivity contribution >= 4 is 17.0 Å². The molecule has 0 fully saturated rings. The number of rotatable bonds is 6. The van der Waals surface area contributed by atoms with E-state index in [1.807, 2.05) is 36.5 Å². The molecule has 4 rings (SSSR count). The molecule has 0 saturated heterocycles. The van der Waals surface area contributed by atoms with Crippen LogP contribution in [0.4, 0.5) is 0 Å². The number of nitrogens with one attached hydrogen (secondary N) is 2. The molecule has 2 aromatic carbocycles. The van der Waals surface area contributed by atoms with Gasteiger partial charge in [-0.1, -0.05) is 36.4 Å². The van der Waals surface area contributed by atoms with Crippen LogP contribution < -0.4 is 10.1 Å². The second-order valence-corrected chi connectivity index (χ2v) is 6.45. The van der Waals surface area contributed by atoms with Gasteiger partial charge in [0.05, 0.1) is 6.61 Å². The van der Waals surface area contributed by atoms with Crippen molar-refractivity contribution in [3.63, 3.8) is 0 Å². The maximum atomic E-state index is 9.76. The molecule has 0 saturated carbocycles. The lowest BCUT2D eigenvalue weighted by Crippen LogP contribution is -2.36. The van der Waals surface area contributed by atoms with E-state index in [9.17, 15) is 5.11 Å². The Morgan fingerprint density at radius 2 is 1.96 bits per heavy atom. The summed E-state index contributed by atoms with van der Waals surface area (Å²) < 4.78 is 5.79. The summed E-state index contributed by atoms with van der Waals surface area (Å²) in [6.45, 7) is 1.40. The zero-order valence-corrected chi connectivity index (χ0v) is 14.0. The number of benzene rings is 2. The lowest BCUT2D eigenvalue weighted by molar-refractivity contribution is 0.243. The van der Waals surface area contributed by atoms with Crippen molar-refractivity contribution in [2.75, 3.05) is 19.8 Å². The summed E-state index contributed by atoms with van der Waals surface area (Å²) >= 11 is 0. The monoisotopic (exact) mass is 334 g/mol. The minimum Gasteiger partial charge on any atom is -0.489 e. The molecule has 1 aliphatic rings. The molecule has 0 spiro atoms. The topological polar surface area (TPSA) is 57.3 Å². The molecule has 1 aliphatic heterocycles. The fourth-order valence-electron chi connectivity index (χ4n) is 3.31. The Bertz CT molecular complexity index is 898. The first kappa shape index (κ1) is 15.9. The largest absolute Gasteiger partial charge is 0.489 e. The molecule has 4 heteroatoms. The van der Waals surface area contributed by atoms with Crippen molar-refractivity contribution in [2.45, 2.75) is 12.5 Å². The van der Waals surface area contributed by atoms with Gasteiger partial charge < -0.3 is 20.1 Å². The Morgan fingerprint density at radius 1 is 1.12 bits per heavy atom. The van der Waals surface area contributed by atoms with E-state index in [4.69, 9.17) is 4.74 Å². The zero-order chi connectivity index (χ0) is 17.1. The molecular weight excluding hydrogens is 312 g/mol. The number of ether oxygens (including phenoxy) is 1. The summed E-state index contributed by atoms with van der Waals surface area (Å²) in [6.07, 6.45) is 4.99. The highest BCUT2D eigenvalue weighted by atomic mass is 16.5. The Balaban J connectivity index is 1.42. The van der Waals surface area contributed by atoms with Crippen molar-refractivity contribution in [1.82, 2.24) is 10.3 Å². The van der Waals surface area contributed by atoms with Gasteiger partial charge in [0.2, 0.25) is 0 Å². The number of aromatic amines is 1. The van der Waals surface area contributed by atoms with E-state index in [-0.39, 0.29) is 12.6 Å². The molecule has 3 N–H and O–H groups in total. The summed E-state index contributed by atoms with van der Waals surface area (Å²) in [7, 11) is 0. The van der Waals surface area contributed by atoms with Gasteiger partial charge in [0.1, 0.15) is 12.4 Å². The highest BCUT2D eigenvalue weighted by Gasteiger charge is 2.14. The average molecular weight is 334 g/mol. The zero-order valence-electron chi connectivity index (χ0n) is 14.0. The maximum Gasteiger partial charge on any atom is 0.127 e. The van der Waals surface area contributed by atoms with Crippen LogP contribution in [0.2, 0.25) is 0 Å². The molecule has 1 atom stereocenters. The number of fused-ring (bicyclic) bond motifs is 2. The van der Waals surface area contributed by atoms with E-state index in [1.165, 1.54) is 16.5 Å². The predicted octanol–water partition coefficient (Wildman–Crippen LogP) is 3.14. The van der Waals surface area contributed by atoms with Crippen LogP contribution in [0.1, 0.15) is 11.1 Å². The van der Waals surface area contributed by atoms with Gasteiger partial charge in [-0.25, -0.2) is 0 Å². The number of aliphatic hydroxyl groups excluding tert-OH is 1. The molecule has 3 aromatic rings. The molecule has 4 nitrogen and oxygen atoms in total. The molecule has 0 unspecified atom stereocenters. The van der Waals surface area contributed by atoms with Crippen molar-refractivity contribution in [3.05, 3.63) is 71.4 Å². The SMILES string of the molecule is OC[C@H](Cc1c[nH]c2ccccc12)NCC1=Cc2ccccc2OC1. The van der Waals surface area contributed by atoms with Crippen LogP contribution in [0.25, 0.3) is 17.0 Å². The van der Waals surface area contributed by atoms with Gasteiger partial charge in [0.15, 0.2) is 0 Å². The quantitative estimate of drug-likeness (QED) is 0.649.